The molecule has 2 aromatic carbocycles. The van der Waals surface area contributed by atoms with Crippen LogP contribution in [0.4, 0.5) is 0 Å². The van der Waals surface area contributed by atoms with Crippen LogP contribution in [0.1, 0.15) is 24.1 Å². The monoisotopic (exact) mass is 257 g/mol. The van der Waals surface area contributed by atoms with E-state index in [1.165, 1.54) is 5.56 Å². The minimum atomic E-state index is -0.156. The predicted molar refractivity (Wildman–Crippen MR) is 76.8 cm³/mol. The van der Waals surface area contributed by atoms with Gasteiger partial charge in [0, 0.05) is 6.04 Å². The highest BCUT2D eigenvalue weighted by atomic mass is 16.5. The fraction of sp³-hybridized carbons (Fsp3) is 0.250. The molecule has 0 radical (unpaired) electrons. The molecule has 3 nitrogen and oxygen atoms in total. The van der Waals surface area contributed by atoms with Crippen molar-refractivity contribution in [2.24, 2.45) is 5.73 Å². The Morgan fingerprint density at radius 2 is 1.63 bits per heavy atom. The Kier molecular flexibility index (Phi) is 4.07. The maximum atomic E-state index is 6.01. The van der Waals surface area contributed by atoms with Crippen LogP contribution in [0.2, 0.25) is 0 Å². The molecule has 1 atom stereocenters. The smallest absolute Gasteiger partial charge is 0.135 e. The largest absolute Gasteiger partial charge is 0.496 e. The van der Waals surface area contributed by atoms with E-state index in [-0.39, 0.29) is 6.04 Å². The second kappa shape index (κ2) is 5.76. The lowest BCUT2D eigenvalue weighted by Gasteiger charge is -2.17. The van der Waals surface area contributed by atoms with Gasteiger partial charge in [0.25, 0.3) is 0 Å². The fourth-order valence-corrected chi connectivity index (χ4v) is 1.97. The van der Waals surface area contributed by atoms with Crippen molar-refractivity contribution < 1.29 is 9.47 Å². The zero-order chi connectivity index (χ0) is 13.8. The number of nitrogens with two attached hydrogens (primary N) is 1. The molecule has 0 fully saturated rings. The normalized spacial score (nSPS) is 12.0. The first kappa shape index (κ1) is 13.4. The van der Waals surface area contributed by atoms with Gasteiger partial charge in [-0.05, 0) is 38.1 Å². The van der Waals surface area contributed by atoms with Crippen molar-refractivity contribution in [3.05, 3.63) is 53.6 Å². The van der Waals surface area contributed by atoms with Crippen LogP contribution in [-0.4, -0.2) is 7.11 Å². The standard InChI is InChI=1S/C16H19NO2/c1-11-7-9-13(10-8-11)19-15-6-4-5-14(18-3)16(15)12(2)17/h4-10,12H,17H2,1-3H3. The van der Waals surface area contributed by atoms with Gasteiger partial charge in [0.15, 0.2) is 0 Å². The summed E-state index contributed by atoms with van der Waals surface area (Å²) in [5.74, 6) is 2.28. The highest BCUT2D eigenvalue weighted by Gasteiger charge is 2.14. The third-order valence-electron chi connectivity index (χ3n) is 2.95. The van der Waals surface area contributed by atoms with Gasteiger partial charge in [-0.25, -0.2) is 0 Å². The van der Waals surface area contributed by atoms with Crippen LogP contribution in [0.15, 0.2) is 42.5 Å². The summed E-state index contributed by atoms with van der Waals surface area (Å²) in [6.45, 7) is 3.96. The van der Waals surface area contributed by atoms with Crippen LogP contribution in [0.5, 0.6) is 17.2 Å². The van der Waals surface area contributed by atoms with Crippen LogP contribution in [-0.2, 0) is 0 Å². The van der Waals surface area contributed by atoms with Gasteiger partial charge < -0.3 is 15.2 Å². The molecule has 100 valence electrons. The van der Waals surface area contributed by atoms with Crippen LogP contribution in [0.3, 0.4) is 0 Å². The Labute approximate surface area is 114 Å². The maximum Gasteiger partial charge on any atom is 0.135 e. The number of ether oxygens (including phenoxy) is 2. The van der Waals surface area contributed by atoms with Crippen molar-refractivity contribution in [2.45, 2.75) is 19.9 Å². The summed E-state index contributed by atoms with van der Waals surface area (Å²) in [5, 5.41) is 0. The van der Waals surface area contributed by atoms with Gasteiger partial charge in [-0.15, -0.1) is 0 Å². The van der Waals surface area contributed by atoms with Crippen molar-refractivity contribution >= 4 is 0 Å². The highest BCUT2D eigenvalue weighted by molar-refractivity contribution is 5.48. The van der Waals surface area contributed by atoms with Crippen LogP contribution in [0.25, 0.3) is 0 Å². The lowest BCUT2D eigenvalue weighted by molar-refractivity contribution is 0.397. The van der Waals surface area contributed by atoms with Gasteiger partial charge in [-0.1, -0.05) is 23.8 Å². The van der Waals surface area contributed by atoms with Gasteiger partial charge in [0.1, 0.15) is 17.2 Å². The van der Waals surface area contributed by atoms with Crippen LogP contribution < -0.4 is 15.2 Å². The molecular formula is C16H19NO2. The Morgan fingerprint density at radius 3 is 2.21 bits per heavy atom. The molecule has 2 N–H and O–H groups in total. The van der Waals surface area contributed by atoms with Crippen LogP contribution >= 0.6 is 0 Å². The van der Waals surface area contributed by atoms with E-state index >= 15 is 0 Å². The molecule has 0 amide bonds. The Balaban J connectivity index is 2.36. The summed E-state index contributed by atoms with van der Waals surface area (Å²) in [4.78, 5) is 0. The quantitative estimate of drug-likeness (QED) is 0.905. The van der Waals surface area contributed by atoms with E-state index in [1.54, 1.807) is 7.11 Å². The molecule has 19 heavy (non-hydrogen) atoms. The summed E-state index contributed by atoms with van der Waals surface area (Å²) in [6.07, 6.45) is 0. The molecule has 0 aromatic heterocycles. The SMILES string of the molecule is COc1cccc(Oc2ccc(C)cc2)c1C(C)N. The fourth-order valence-electron chi connectivity index (χ4n) is 1.97. The predicted octanol–water partition coefficient (Wildman–Crippen LogP) is 3.82. The zero-order valence-electron chi connectivity index (χ0n) is 11.5. The number of rotatable bonds is 4. The number of benzene rings is 2. The molecule has 2 aromatic rings. The Morgan fingerprint density at radius 1 is 1.00 bits per heavy atom. The summed E-state index contributed by atoms with van der Waals surface area (Å²) in [7, 11) is 1.64. The molecule has 0 heterocycles. The third-order valence-corrected chi connectivity index (χ3v) is 2.95. The van der Waals surface area contributed by atoms with E-state index in [0.29, 0.717) is 0 Å². The van der Waals surface area contributed by atoms with Gasteiger partial charge in [-0.2, -0.15) is 0 Å². The van der Waals surface area contributed by atoms with E-state index in [2.05, 4.69) is 0 Å². The first-order valence-electron chi connectivity index (χ1n) is 6.29. The number of hydrogen-bond donors (Lipinski definition) is 1. The lowest BCUT2D eigenvalue weighted by Crippen LogP contribution is -2.08. The summed E-state index contributed by atoms with van der Waals surface area (Å²) >= 11 is 0. The average molecular weight is 257 g/mol. The average Bonchev–Trinajstić information content (AvgIpc) is 2.40. The molecule has 0 aliphatic heterocycles. The summed E-state index contributed by atoms with van der Waals surface area (Å²) < 4.78 is 11.3. The first-order valence-corrected chi connectivity index (χ1v) is 6.29. The van der Waals surface area contributed by atoms with Crippen molar-refractivity contribution in [1.82, 2.24) is 0 Å². The Hall–Kier alpha value is -2.00. The molecule has 0 aliphatic rings. The minimum absolute atomic E-state index is 0.156. The molecule has 3 heteroatoms. The molecule has 1 unspecified atom stereocenters. The van der Waals surface area contributed by atoms with Gasteiger partial charge >= 0.3 is 0 Å². The van der Waals surface area contributed by atoms with Crippen molar-refractivity contribution in [3.8, 4) is 17.2 Å². The van der Waals surface area contributed by atoms with E-state index in [1.807, 2.05) is 56.3 Å². The van der Waals surface area contributed by atoms with Crippen molar-refractivity contribution in [1.29, 1.82) is 0 Å². The molecule has 0 saturated carbocycles. The number of aryl methyl sites for hydroxylation is 1. The second-order valence-corrected chi connectivity index (χ2v) is 4.58. The van der Waals surface area contributed by atoms with Crippen molar-refractivity contribution in [2.75, 3.05) is 7.11 Å². The summed E-state index contributed by atoms with van der Waals surface area (Å²) in [5.41, 5.74) is 8.09. The topological polar surface area (TPSA) is 44.5 Å². The van der Waals surface area contributed by atoms with E-state index < -0.39 is 0 Å². The molecule has 2 rings (SSSR count). The van der Waals surface area contributed by atoms with E-state index in [0.717, 1.165) is 22.8 Å². The van der Waals surface area contributed by atoms with Gasteiger partial charge in [0.05, 0.1) is 12.7 Å². The molecule has 0 spiro atoms. The van der Waals surface area contributed by atoms with Crippen molar-refractivity contribution in [3.63, 3.8) is 0 Å². The highest BCUT2D eigenvalue weighted by Crippen LogP contribution is 2.35. The maximum absolute atomic E-state index is 6.01. The molecule has 0 aliphatic carbocycles. The van der Waals surface area contributed by atoms with Crippen LogP contribution in [0, 0.1) is 6.92 Å². The zero-order valence-corrected chi connectivity index (χ0v) is 11.5. The van der Waals surface area contributed by atoms with E-state index in [9.17, 15) is 0 Å². The molecule has 0 bridgehead atoms. The lowest BCUT2D eigenvalue weighted by atomic mass is 10.1. The first-order chi connectivity index (χ1) is 9.11. The third kappa shape index (κ3) is 3.06. The van der Waals surface area contributed by atoms with Gasteiger partial charge in [-0.3, -0.25) is 0 Å². The summed E-state index contributed by atoms with van der Waals surface area (Å²) in [6, 6.07) is 13.5. The Bertz CT molecular complexity index is 547. The second-order valence-electron chi connectivity index (χ2n) is 4.58. The number of methoxy groups -OCH3 is 1. The molecule has 0 saturated heterocycles. The minimum Gasteiger partial charge on any atom is -0.496 e. The molecular weight excluding hydrogens is 238 g/mol. The van der Waals surface area contributed by atoms with E-state index in [4.69, 9.17) is 15.2 Å². The number of hydrogen-bond acceptors (Lipinski definition) is 3. The van der Waals surface area contributed by atoms with Gasteiger partial charge in [0.2, 0.25) is 0 Å².